The van der Waals surface area contributed by atoms with Gasteiger partial charge in [0.1, 0.15) is 5.82 Å². The third-order valence-corrected chi connectivity index (χ3v) is 5.22. The van der Waals surface area contributed by atoms with Crippen LogP contribution in [-0.4, -0.2) is 52.5 Å². The number of aromatic nitrogens is 4. The number of hydrogen-bond acceptors (Lipinski definition) is 5. The molecule has 0 amide bonds. The van der Waals surface area contributed by atoms with Crippen molar-refractivity contribution < 1.29 is 4.73 Å². The number of nitrogens with zero attached hydrogens (tertiary/aromatic N) is 6. The molecule has 1 aromatic carbocycles. The van der Waals surface area contributed by atoms with Crippen molar-refractivity contribution in [1.82, 2.24) is 19.3 Å². The van der Waals surface area contributed by atoms with E-state index in [4.69, 9.17) is 4.98 Å². The molecule has 3 aromatic heterocycles. The molecular formula is C20H20N6O. The molecule has 7 nitrogen and oxygen atoms in total. The predicted molar refractivity (Wildman–Crippen MR) is 105 cm³/mol. The highest BCUT2D eigenvalue weighted by atomic mass is 16.5. The summed E-state index contributed by atoms with van der Waals surface area (Å²) in [6, 6.07) is 12.1. The average molecular weight is 360 g/mol. The maximum atomic E-state index is 12.8. The quantitative estimate of drug-likeness (QED) is 0.404. The number of benzene rings is 1. The fourth-order valence-corrected chi connectivity index (χ4v) is 3.69. The summed E-state index contributed by atoms with van der Waals surface area (Å²) in [6.07, 6.45) is 5.06. The largest absolute Gasteiger partial charge is 0.618 e. The van der Waals surface area contributed by atoms with Crippen molar-refractivity contribution >= 4 is 22.6 Å². The highest BCUT2D eigenvalue weighted by Crippen LogP contribution is 2.30. The first-order valence-corrected chi connectivity index (χ1v) is 9.09. The van der Waals surface area contributed by atoms with Gasteiger partial charge < -0.3 is 15.0 Å². The zero-order chi connectivity index (χ0) is 18.4. The van der Waals surface area contributed by atoms with E-state index >= 15 is 0 Å². The van der Waals surface area contributed by atoms with Gasteiger partial charge >= 0.3 is 0 Å². The molecule has 7 heteroatoms. The van der Waals surface area contributed by atoms with E-state index in [1.54, 1.807) is 6.20 Å². The number of piperazine rings is 1. The van der Waals surface area contributed by atoms with Crippen LogP contribution in [0.15, 0.2) is 55.0 Å². The fraction of sp³-hybridized carbons (Fsp3) is 0.250. The first-order valence-electron chi connectivity index (χ1n) is 9.09. The van der Waals surface area contributed by atoms with Crippen LogP contribution in [0.4, 0.5) is 5.82 Å². The van der Waals surface area contributed by atoms with E-state index in [9.17, 15) is 5.21 Å². The Morgan fingerprint density at radius 3 is 2.63 bits per heavy atom. The normalized spacial score (nSPS) is 15.7. The Bertz CT molecular complexity index is 1120. The van der Waals surface area contributed by atoms with Crippen LogP contribution in [0.3, 0.4) is 0 Å². The SMILES string of the molecule is CN1CCN(c2cc(-c3ccccc3)c3c(n2)n2ccnc2c[n+]3[O-])CC1. The third kappa shape index (κ3) is 2.67. The standard InChI is InChI=1S/C20H20N6O/c1-23-9-11-24(12-10-23)17-13-16(15-5-3-2-4-6-15)19-20(22-17)25-8-7-21-18(25)14-26(19)27/h2-8,13-14H,9-12H2,1H3. The van der Waals surface area contributed by atoms with E-state index in [1.165, 1.54) is 6.20 Å². The van der Waals surface area contributed by atoms with Crippen LogP contribution in [0.25, 0.3) is 27.9 Å². The molecule has 0 radical (unpaired) electrons. The molecule has 0 spiro atoms. The Balaban J connectivity index is 1.80. The lowest BCUT2D eigenvalue weighted by atomic mass is 10.1. The van der Waals surface area contributed by atoms with Crippen LogP contribution < -0.4 is 9.63 Å². The number of hydrogen-bond donors (Lipinski definition) is 0. The molecule has 1 aliphatic rings. The molecule has 0 aliphatic carbocycles. The molecule has 0 atom stereocenters. The molecule has 4 heterocycles. The highest BCUT2D eigenvalue weighted by Gasteiger charge is 2.23. The first-order chi connectivity index (χ1) is 13.2. The van der Waals surface area contributed by atoms with Gasteiger partial charge in [-0.3, -0.25) is 4.40 Å². The zero-order valence-corrected chi connectivity index (χ0v) is 15.1. The van der Waals surface area contributed by atoms with Crippen molar-refractivity contribution in [3.05, 3.63) is 60.2 Å². The minimum absolute atomic E-state index is 0.560. The second-order valence-electron chi connectivity index (χ2n) is 6.97. The van der Waals surface area contributed by atoms with E-state index in [0.717, 1.165) is 47.9 Å². The van der Waals surface area contributed by atoms with Gasteiger partial charge in [-0.15, -0.1) is 0 Å². The van der Waals surface area contributed by atoms with Crippen molar-refractivity contribution in [2.45, 2.75) is 0 Å². The Morgan fingerprint density at radius 1 is 1.07 bits per heavy atom. The van der Waals surface area contributed by atoms with Gasteiger partial charge in [0.2, 0.25) is 17.5 Å². The molecule has 1 aliphatic heterocycles. The van der Waals surface area contributed by atoms with Gasteiger partial charge in [-0.25, -0.2) is 9.97 Å². The lowest BCUT2D eigenvalue weighted by molar-refractivity contribution is -0.575. The zero-order valence-electron chi connectivity index (χ0n) is 15.1. The molecule has 0 saturated carbocycles. The minimum atomic E-state index is 0.560. The van der Waals surface area contributed by atoms with Gasteiger partial charge in [0.25, 0.3) is 5.52 Å². The van der Waals surface area contributed by atoms with Gasteiger partial charge in [0.05, 0.1) is 5.56 Å². The van der Waals surface area contributed by atoms with Crippen LogP contribution in [0, 0.1) is 5.21 Å². The number of rotatable bonds is 2. The molecule has 1 fully saturated rings. The Morgan fingerprint density at radius 2 is 1.85 bits per heavy atom. The summed E-state index contributed by atoms with van der Waals surface area (Å²) >= 11 is 0. The molecule has 5 rings (SSSR count). The Kier molecular flexibility index (Phi) is 3.68. The number of fused-ring (bicyclic) bond motifs is 3. The molecule has 0 N–H and O–H groups in total. The molecule has 0 bridgehead atoms. The van der Waals surface area contributed by atoms with Gasteiger partial charge in [0, 0.05) is 38.6 Å². The fourth-order valence-electron chi connectivity index (χ4n) is 3.69. The lowest BCUT2D eigenvalue weighted by Gasteiger charge is -2.33. The second-order valence-corrected chi connectivity index (χ2v) is 6.97. The van der Waals surface area contributed by atoms with Crippen LogP contribution >= 0.6 is 0 Å². The molecule has 136 valence electrons. The summed E-state index contributed by atoms with van der Waals surface area (Å²) in [5, 5.41) is 12.8. The summed E-state index contributed by atoms with van der Waals surface area (Å²) < 4.78 is 2.77. The summed E-state index contributed by atoms with van der Waals surface area (Å²) in [5.41, 5.74) is 3.68. The minimum Gasteiger partial charge on any atom is -0.618 e. The van der Waals surface area contributed by atoms with Crippen LogP contribution in [0.1, 0.15) is 0 Å². The lowest BCUT2D eigenvalue weighted by Crippen LogP contribution is -2.45. The van der Waals surface area contributed by atoms with Crippen molar-refractivity contribution in [3.8, 4) is 11.1 Å². The Labute approximate surface area is 156 Å². The summed E-state index contributed by atoms with van der Waals surface area (Å²) in [6.45, 7) is 3.83. The summed E-state index contributed by atoms with van der Waals surface area (Å²) in [4.78, 5) is 13.8. The van der Waals surface area contributed by atoms with Crippen molar-refractivity contribution in [1.29, 1.82) is 0 Å². The molecule has 1 saturated heterocycles. The van der Waals surface area contributed by atoms with Crippen LogP contribution in [0.2, 0.25) is 0 Å². The predicted octanol–water partition coefficient (Wildman–Crippen LogP) is 1.93. The van der Waals surface area contributed by atoms with E-state index in [1.807, 2.05) is 47.0 Å². The van der Waals surface area contributed by atoms with Crippen molar-refractivity contribution in [3.63, 3.8) is 0 Å². The van der Waals surface area contributed by atoms with Gasteiger partial charge in [-0.1, -0.05) is 30.3 Å². The van der Waals surface area contributed by atoms with Crippen molar-refractivity contribution in [2.24, 2.45) is 0 Å². The highest BCUT2D eigenvalue weighted by molar-refractivity contribution is 5.90. The summed E-state index contributed by atoms with van der Waals surface area (Å²) in [7, 11) is 2.13. The molecule has 27 heavy (non-hydrogen) atoms. The molecule has 0 unspecified atom stereocenters. The maximum Gasteiger partial charge on any atom is 0.268 e. The summed E-state index contributed by atoms with van der Waals surface area (Å²) in [5.74, 6) is 0.899. The van der Waals surface area contributed by atoms with Crippen LogP contribution in [0.5, 0.6) is 0 Å². The van der Waals surface area contributed by atoms with Crippen molar-refractivity contribution in [2.75, 3.05) is 38.1 Å². The van der Waals surface area contributed by atoms with E-state index in [2.05, 4.69) is 21.8 Å². The van der Waals surface area contributed by atoms with E-state index < -0.39 is 0 Å². The number of anilines is 1. The average Bonchev–Trinajstić information content (AvgIpc) is 3.17. The Hall–Kier alpha value is -3.19. The number of imidazole rings is 1. The number of pyridine rings is 1. The smallest absolute Gasteiger partial charge is 0.268 e. The maximum absolute atomic E-state index is 12.8. The molecular weight excluding hydrogens is 340 g/mol. The van der Waals surface area contributed by atoms with Gasteiger partial charge in [0.15, 0.2) is 0 Å². The second kappa shape index (κ2) is 6.21. The first kappa shape index (κ1) is 16.0. The van der Waals surface area contributed by atoms with Gasteiger partial charge in [-0.05, 0) is 18.7 Å². The van der Waals surface area contributed by atoms with E-state index in [0.29, 0.717) is 16.8 Å². The van der Waals surface area contributed by atoms with E-state index in [-0.39, 0.29) is 0 Å². The topological polar surface area (TPSA) is 63.6 Å². The van der Waals surface area contributed by atoms with Crippen LogP contribution in [-0.2, 0) is 0 Å². The third-order valence-electron chi connectivity index (χ3n) is 5.22. The van der Waals surface area contributed by atoms with Gasteiger partial charge in [-0.2, -0.15) is 4.73 Å². The number of likely N-dealkylation sites (N-methyl/N-ethyl adjacent to an activating group) is 1. The monoisotopic (exact) mass is 360 g/mol. The molecule has 4 aromatic rings.